The quantitative estimate of drug-likeness (QED) is 0.513. The van der Waals surface area contributed by atoms with Gasteiger partial charge in [-0.25, -0.2) is 4.79 Å². The number of hydrogen-bond acceptors (Lipinski definition) is 5. The third kappa shape index (κ3) is 3.79. The van der Waals surface area contributed by atoms with Crippen molar-refractivity contribution >= 4 is 23.5 Å². The number of rotatable bonds is 5. The molecule has 1 aromatic rings. The zero-order valence-corrected chi connectivity index (χ0v) is 11.3. The average molecular weight is 279 g/mol. The topological polar surface area (TPSA) is 125 Å². The Morgan fingerprint density at radius 2 is 2.00 bits per heavy atom. The van der Waals surface area contributed by atoms with Crippen molar-refractivity contribution in [1.29, 1.82) is 0 Å². The Morgan fingerprint density at radius 1 is 1.35 bits per heavy atom. The van der Waals surface area contributed by atoms with E-state index < -0.39 is 23.8 Å². The Balaban J connectivity index is 2.81. The molecule has 1 aromatic carbocycles. The van der Waals surface area contributed by atoms with Crippen molar-refractivity contribution in [3.05, 3.63) is 29.3 Å². The van der Waals surface area contributed by atoms with Crippen molar-refractivity contribution in [3.8, 4) is 0 Å². The van der Waals surface area contributed by atoms with Gasteiger partial charge in [0.1, 0.15) is 0 Å². The third-order valence-corrected chi connectivity index (χ3v) is 2.59. The molecule has 7 nitrogen and oxygen atoms in total. The summed E-state index contributed by atoms with van der Waals surface area (Å²) in [6.07, 6.45) is 0. The minimum atomic E-state index is -1.40. The van der Waals surface area contributed by atoms with Crippen LogP contribution in [0.1, 0.15) is 22.8 Å². The molecule has 0 bridgehead atoms. The van der Waals surface area contributed by atoms with Crippen LogP contribution in [0.4, 0.5) is 5.69 Å². The molecule has 0 fully saturated rings. The molecule has 1 unspecified atom stereocenters. The van der Waals surface area contributed by atoms with E-state index in [1.54, 1.807) is 13.8 Å². The fourth-order valence-electron chi connectivity index (χ4n) is 1.51. The monoisotopic (exact) mass is 279 g/mol. The highest BCUT2D eigenvalue weighted by molar-refractivity contribution is 6.08. The molecule has 0 radical (unpaired) electrons. The Morgan fingerprint density at radius 3 is 2.50 bits per heavy atom. The van der Waals surface area contributed by atoms with Gasteiger partial charge in [0.2, 0.25) is 5.91 Å². The van der Waals surface area contributed by atoms with E-state index >= 15 is 0 Å². The Kier molecular flexibility index (Phi) is 5.22. The second kappa shape index (κ2) is 6.67. The van der Waals surface area contributed by atoms with Crippen molar-refractivity contribution in [1.82, 2.24) is 0 Å². The predicted molar refractivity (Wildman–Crippen MR) is 72.9 cm³/mol. The summed E-state index contributed by atoms with van der Waals surface area (Å²) in [6.45, 7) is 3.46. The highest BCUT2D eigenvalue weighted by atomic mass is 16.5. The van der Waals surface area contributed by atoms with Crippen molar-refractivity contribution in [2.45, 2.75) is 19.9 Å². The first-order chi connectivity index (χ1) is 9.36. The summed E-state index contributed by atoms with van der Waals surface area (Å²) in [5, 5.41) is 2.50. The van der Waals surface area contributed by atoms with Crippen LogP contribution in [-0.4, -0.2) is 30.4 Å². The lowest BCUT2D eigenvalue weighted by Crippen LogP contribution is -2.43. The molecule has 2 amide bonds. The van der Waals surface area contributed by atoms with Crippen LogP contribution < -0.4 is 16.8 Å². The number of hydrogen-bond donors (Lipinski definition) is 3. The number of ether oxygens (including phenoxy) is 1. The van der Waals surface area contributed by atoms with Crippen LogP contribution in [-0.2, 0) is 14.3 Å². The molecule has 0 aromatic heterocycles. The average Bonchev–Trinajstić information content (AvgIpc) is 2.40. The fraction of sp³-hybridized carbons (Fsp3) is 0.308. The molecule has 0 saturated heterocycles. The Labute approximate surface area is 116 Å². The van der Waals surface area contributed by atoms with E-state index in [1.807, 2.05) is 0 Å². The molecule has 7 heteroatoms. The lowest BCUT2D eigenvalue weighted by atomic mass is 10.1. The van der Waals surface area contributed by atoms with E-state index in [-0.39, 0.29) is 6.61 Å². The van der Waals surface area contributed by atoms with E-state index in [4.69, 9.17) is 11.5 Å². The molecule has 0 saturated carbocycles. The van der Waals surface area contributed by atoms with E-state index in [0.29, 0.717) is 16.8 Å². The second-order valence-electron chi connectivity index (χ2n) is 4.11. The molecule has 1 rings (SSSR count). The zero-order chi connectivity index (χ0) is 15.3. The highest BCUT2D eigenvalue weighted by Crippen LogP contribution is 2.16. The van der Waals surface area contributed by atoms with Crippen LogP contribution in [0.15, 0.2) is 18.2 Å². The van der Waals surface area contributed by atoms with Crippen molar-refractivity contribution in [3.63, 3.8) is 0 Å². The van der Waals surface area contributed by atoms with Crippen LogP contribution in [0, 0.1) is 6.92 Å². The second-order valence-corrected chi connectivity index (χ2v) is 4.11. The van der Waals surface area contributed by atoms with Gasteiger partial charge in [-0.05, 0) is 37.6 Å². The number of carbonyl (C=O) groups excluding carboxylic acids is 3. The van der Waals surface area contributed by atoms with E-state index in [9.17, 15) is 14.4 Å². The maximum atomic E-state index is 11.8. The predicted octanol–water partition coefficient (Wildman–Crippen LogP) is -0.0772. The van der Waals surface area contributed by atoms with Gasteiger partial charge in [0.25, 0.3) is 5.91 Å². The number of esters is 1. The number of aryl methyl sites for hydroxylation is 1. The van der Waals surface area contributed by atoms with Gasteiger partial charge in [0.15, 0.2) is 6.04 Å². The normalized spacial score (nSPS) is 11.6. The Bertz CT molecular complexity index is 542. The largest absolute Gasteiger partial charge is 0.464 e. The van der Waals surface area contributed by atoms with E-state index in [2.05, 4.69) is 10.1 Å². The summed E-state index contributed by atoms with van der Waals surface area (Å²) in [6, 6.07) is 3.13. The highest BCUT2D eigenvalue weighted by Gasteiger charge is 2.23. The minimum Gasteiger partial charge on any atom is -0.464 e. The van der Waals surface area contributed by atoms with Gasteiger partial charge in [-0.3, -0.25) is 9.59 Å². The van der Waals surface area contributed by atoms with Gasteiger partial charge in [0, 0.05) is 11.3 Å². The maximum Gasteiger partial charge on any atom is 0.332 e. The van der Waals surface area contributed by atoms with Crippen LogP contribution in [0.2, 0.25) is 0 Å². The summed E-state index contributed by atoms with van der Waals surface area (Å²) < 4.78 is 4.66. The molecule has 0 aliphatic heterocycles. The standard InChI is InChI=1S/C13H17N3O4/c1-3-20-13(19)10(14)12(18)16-9-5-4-8(11(15)17)6-7(9)2/h4-6,10H,3,14H2,1-2H3,(H2,15,17)(H,16,18). The molecular weight excluding hydrogens is 262 g/mol. The SMILES string of the molecule is CCOC(=O)C(N)C(=O)Nc1ccc(C(N)=O)cc1C. The van der Waals surface area contributed by atoms with Crippen LogP contribution >= 0.6 is 0 Å². The number of nitrogens with one attached hydrogen (secondary N) is 1. The van der Waals surface area contributed by atoms with E-state index in [1.165, 1.54) is 18.2 Å². The van der Waals surface area contributed by atoms with Gasteiger partial charge >= 0.3 is 5.97 Å². The summed E-state index contributed by atoms with van der Waals surface area (Å²) in [5.41, 5.74) is 12.0. The van der Waals surface area contributed by atoms with Gasteiger partial charge in [0.05, 0.1) is 6.61 Å². The fourth-order valence-corrected chi connectivity index (χ4v) is 1.51. The van der Waals surface area contributed by atoms with Crippen molar-refractivity contribution in [2.24, 2.45) is 11.5 Å². The lowest BCUT2D eigenvalue weighted by molar-refractivity contribution is -0.146. The molecular formula is C13H17N3O4. The molecule has 20 heavy (non-hydrogen) atoms. The number of anilines is 1. The van der Waals surface area contributed by atoms with Gasteiger partial charge in [-0.1, -0.05) is 0 Å². The minimum absolute atomic E-state index is 0.145. The number of amides is 2. The summed E-state index contributed by atoms with van der Waals surface area (Å²) in [4.78, 5) is 34.1. The van der Waals surface area contributed by atoms with Crippen LogP contribution in [0.3, 0.4) is 0 Å². The van der Waals surface area contributed by atoms with Gasteiger partial charge in [-0.15, -0.1) is 0 Å². The summed E-state index contributed by atoms with van der Waals surface area (Å²) in [7, 11) is 0. The molecule has 108 valence electrons. The molecule has 0 heterocycles. The first-order valence-corrected chi connectivity index (χ1v) is 6.00. The Hall–Kier alpha value is -2.41. The number of carbonyl (C=O) groups is 3. The number of benzene rings is 1. The molecule has 0 aliphatic carbocycles. The molecule has 5 N–H and O–H groups in total. The summed E-state index contributed by atoms with van der Waals surface area (Å²) in [5.74, 6) is -2.04. The van der Waals surface area contributed by atoms with Gasteiger partial charge < -0.3 is 21.5 Å². The number of nitrogens with two attached hydrogens (primary N) is 2. The van der Waals surface area contributed by atoms with Crippen molar-refractivity contribution < 1.29 is 19.1 Å². The maximum absolute atomic E-state index is 11.8. The smallest absolute Gasteiger partial charge is 0.332 e. The first kappa shape index (κ1) is 15.6. The van der Waals surface area contributed by atoms with Crippen molar-refractivity contribution in [2.75, 3.05) is 11.9 Å². The lowest BCUT2D eigenvalue weighted by Gasteiger charge is -2.13. The molecule has 1 atom stereocenters. The number of primary amides is 1. The van der Waals surface area contributed by atoms with E-state index in [0.717, 1.165) is 0 Å². The van der Waals surface area contributed by atoms with Crippen LogP contribution in [0.25, 0.3) is 0 Å². The first-order valence-electron chi connectivity index (χ1n) is 6.00. The zero-order valence-electron chi connectivity index (χ0n) is 11.3. The molecule has 0 spiro atoms. The van der Waals surface area contributed by atoms with Crippen LogP contribution in [0.5, 0.6) is 0 Å². The summed E-state index contributed by atoms with van der Waals surface area (Å²) >= 11 is 0. The molecule has 0 aliphatic rings. The van der Waals surface area contributed by atoms with Gasteiger partial charge in [-0.2, -0.15) is 0 Å². The third-order valence-electron chi connectivity index (χ3n) is 2.59.